The van der Waals surface area contributed by atoms with E-state index in [9.17, 15) is 4.79 Å². The number of morpholine rings is 1. The lowest BCUT2D eigenvalue weighted by atomic mass is 10.0. The molecule has 23 heavy (non-hydrogen) atoms. The van der Waals surface area contributed by atoms with Gasteiger partial charge in [-0.1, -0.05) is 36.4 Å². The number of rotatable bonds is 3. The minimum Gasteiger partial charge on any atom is -0.446 e. The second-order valence-electron chi connectivity index (χ2n) is 5.69. The Morgan fingerprint density at radius 3 is 2.96 bits per heavy atom. The number of nitrogens with zero attached hydrogens (tertiary/aromatic N) is 1. The molecule has 118 valence electrons. The van der Waals surface area contributed by atoms with Gasteiger partial charge < -0.3 is 9.47 Å². The van der Waals surface area contributed by atoms with Crippen LogP contribution in [0, 0.1) is 0 Å². The molecule has 2 aliphatic rings. The molecule has 0 saturated carbocycles. The number of hydrogen-bond acceptors (Lipinski definition) is 4. The first-order valence-corrected chi connectivity index (χ1v) is 8.04. The Hall–Kier alpha value is -1.88. The van der Waals surface area contributed by atoms with E-state index >= 15 is 0 Å². The second-order valence-corrected chi connectivity index (χ2v) is 6.20. The average Bonchev–Trinajstić information content (AvgIpc) is 2.95. The molecule has 0 amide bonds. The van der Waals surface area contributed by atoms with E-state index in [0.717, 1.165) is 21.9 Å². The Bertz CT molecular complexity index is 797. The minimum atomic E-state index is -0.316. The summed E-state index contributed by atoms with van der Waals surface area (Å²) < 4.78 is 10.8. The largest absolute Gasteiger partial charge is 0.446 e. The van der Waals surface area contributed by atoms with Crippen LogP contribution in [0.4, 0.5) is 0 Å². The third-order valence-electron chi connectivity index (χ3n) is 4.28. The summed E-state index contributed by atoms with van der Waals surface area (Å²) in [6.07, 6.45) is 1.90. The van der Waals surface area contributed by atoms with Crippen molar-refractivity contribution in [2.45, 2.75) is 5.50 Å². The van der Waals surface area contributed by atoms with E-state index in [1.807, 2.05) is 35.2 Å². The fourth-order valence-corrected chi connectivity index (χ4v) is 3.33. The first-order valence-electron chi connectivity index (χ1n) is 7.61. The van der Waals surface area contributed by atoms with Crippen molar-refractivity contribution in [2.75, 3.05) is 26.5 Å². The Morgan fingerprint density at radius 2 is 2.13 bits per heavy atom. The zero-order valence-corrected chi connectivity index (χ0v) is 13.3. The van der Waals surface area contributed by atoms with Crippen LogP contribution in [0.15, 0.2) is 36.4 Å². The fraction of sp³-hybridized carbons (Fsp3) is 0.278. The quantitative estimate of drug-likeness (QED) is 0.493. The second kappa shape index (κ2) is 5.96. The van der Waals surface area contributed by atoms with E-state index in [-0.39, 0.29) is 18.2 Å². The summed E-state index contributed by atoms with van der Waals surface area (Å²) in [6, 6.07) is 12.0. The molecular formula is C18H16ClNO3. The summed E-state index contributed by atoms with van der Waals surface area (Å²) >= 11 is 6.16. The van der Waals surface area contributed by atoms with Crippen LogP contribution in [0.25, 0.3) is 22.4 Å². The van der Waals surface area contributed by atoms with E-state index in [4.69, 9.17) is 21.1 Å². The van der Waals surface area contributed by atoms with Gasteiger partial charge in [-0.15, -0.1) is 11.6 Å². The highest BCUT2D eigenvalue weighted by molar-refractivity contribution is 6.29. The van der Waals surface area contributed by atoms with Crippen molar-refractivity contribution in [1.29, 1.82) is 0 Å². The van der Waals surface area contributed by atoms with Crippen LogP contribution in [0.1, 0.15) is 11.1 Å². The lowest BCUT2D eigenvalue weighted by Crippen LogP contribution is -2.43. The minimum absolute atomic E-state index is 0.181. The fourth-order valence-electron chi connectivity index (χ4n) is 3.09. The van der Waals surface area contributed by atoms with Crippen molar-refractivity contribution in [3.8, 4) is 0 Å². The Kier molecular flexibility index (Phi) is 3.81. The molecule has 1 aliphatic heterocycles. The van der Waals surface area contributed by atoms with Gasteiger partial charge in [0.05, 0.1) is 18.8 Å². The van der Waals surface area contributed by atoms with Gasteiger partial charge in [-0.2, -0.15) is 0 Å². The van der Waals surface area contributed by atoms with Gasteiger partial charge in [-0.05, 0) is 28.0 Å². The topological polar surface area (TPSA) is 38.8 Å². The molecule has 4 nitrogen and oxygen atoms in total. The average molecular weight is 330 g/mol. The lowest BCUT2D eigenvalue weighted by Gasteiger charge is -2.30. The summed E-state index contributed by atoms with van der Waals surface area (Å²) in [5.74, 6) is -0.316. The van der Waals surface area contributed by atoms with Crippen LogP contribution in [0.5, 0.6) is 0 Å². The first-order chi connectivity index (χ1) is 11.2. The smallest absolute Gasteiger partial charge is 0.340 e. The summed E-state index contributed by atoms with van der Waals surface area (Å²) in [5, 5.41) is 2.25. The number of benzene rings is 2. The summed E-state index contributed by atoms with van der Waals surface area (Å²) in [6.45, 7) is 1.90. The maximum atomic E-state index is 12.5. The van der Waals surface area contributed by atoms with Crippen molar-refractivity contribution < 1.29 is 14.3 Å². The monoisotopic (exact) mass is 329 g/mol. The highest BCUT2D eigenvalue weighted by atomic mass is 35.5. The van der Waals surface area contributed by atoms with E-state index in [1.165, 1.54) is 0 Å². The Balaban J connectivity index is 1.53. The van der Waals surface area contributed by atoms with Crippen LogP contribution in [0.2, 0.25) is 0 Å². The predicted octanol–water partition coefficient (Wildman–Crippen LogP) is 3.09. The molecule has 1 fully saturated rings. The molecule has 1 saturated heterocycles. The highest BCUT2D eigenvalue weighted by Gasteiger charge is 2.25. The van der Waals surface area contributed by atoms with Gasteiger partial charge in [-0.3, -0.25) is 4.90 Å². The molecular weight excluding hydrogens is 314 g/mol. The molecule has 0 radical (unpaired) electrons. The van der Waals surface area contributed by atoms with Crippen molar-refractivity contribution >= 4 is 40.0 Å². The maximum Gasteiger partial charge on any atom is 0.340 e. The normalized spacial score (nSPS) is 20.6. The van der Waals surface area contributed by atoms with Gasteiger partial charge in [-0.25, -0.2) is 4.79 Å². The third kappa shape index (κ3) is 2.63. The van der Waals surface area contributed by atoms with E-state index in [1.54, 1.807) is 0 Å². The Labute approximate surface area is 139 Å². The lowest BCUT2D eigenvalue weighted by molar-refractivity contribution is -0.144. The number of carbonyl (C=O) groups excluding carboxylic acids is 1. The number of ether oxygens (including phenoxy) is 2. The number of alkyl halides is 1. The van der Waals surface area contributed by atoms with Crippen molar-refractivity contribution in [3.63, 3.8) is 0 Å². The Morgan fingerprint density at radius 1 is 1.30 bits per heavy atom. The van der Waals surface area contributed by atoms with E-state index in [2.05, 4.69) is 12.1 Å². The van der Waals surface area contributed by atoms with Gasteiger partial charge in [0.15, 0.2) is 0 Å². The standard InChI is InChI=1S/C18H16ClNO3/c19-16-10-22-8-7-20(16)11-23-18(21)15-9-13-5-1-3-12-4-2-6-14(15)17(12)13/h1-6,9,16H,7-8,10-11H2. The molecule has 1 atom stereocenters. The number of halogens is 1. The molecule has 0 N–H and O–H groups in total. The molecule has 1 aliphatic carbocycles. The number of hydrogen-bond donors (Lipinski definition) is 0. The SMILES string of the molecule is O=C(OCN1CCOCC1Cl)C1=Cc2cccc3cccc1c23. The molecule has 0 aromatic heterocycles. The zero-order chi connectivity index (χ0) is 15.8. The number of carbonyl (C=O) groups is 1. The highest BCUT2D eigenvalue weighted by Crippen LogP contribution is 2.36. The van der Waals surface area contributed by atoms with Gasteiger partial charge in [0, 0.05) is 6.54 Å². The zero-order valence-electron chi connectivity index (χ0n) is 12.5. The van der Waals surface area contributed by atoms with Gasteiger partial charge in [0.25, 0.3) is 0 Å². The van der Waals surface area contributed by atoms with Crippen LogP contribution < -0.4 is 0 Å². The van der Waals surface area contributed by atoms with Crippen LogP contribution in [-0.4, -0.2) is 42.9 Å². The van der Waals surface area contributed by atoms with Crippen molar-refractivity contribution in [2.24, 2.45) is 0 Å². The van der Waals surface area contributed by atoms with Crippen LogP contribution >= 0.6 is 11.6 Å². The molecule has 0 spiro atoms. The van der Waals surface area contributed by atoms with Gasteiger partial charge >= 0.3 is 5.97 Å². The molecule has 1 heterocycles. The van der Waals surface area contributed by atoms with Crippen molar-refractivity contribution in [1.82, 2.24) is 4.90 Å². The molecule has 0 bridgehead atoms. The van der Waals surface area contributed by atoms with Crippen molar-refractivity contribution in [3.05, 3.63) is 47.5 Å². The summed E-state index contributed by atoms with van der Waals surface area (Å²) in [7, 11) is 0. The first kappa shape index (κ1) is 14.7. The summed E-state index contributed by atoms with van der Waals surface area (Å²) in [5.41, 5.74) is 2.35. The number of esters is 1. The third-order valence-corrected chi connectivity index (χ3v) is 4.68. The van der Waals surface area contributed by atoms with Gasteiger partial charge in [0.1, 0.15) is 12.2 Å². The molecule has 2 aromatic carbocycles. The van der Waals surface area contributed by atoms with E-state index < -0.39 is 0 Å². The maximum absolute atomic E-state index is 12.5. The molecule has 4 rings (SSSR count). The summed E-state index contributed by atoms with van der Waals surface area (Å²) in [4.78, 5) is 14.4. The van der Waals surface area contributed by atoms with Crippen LogP contribution in [0.3, 0.4) is 0 Å². The molecule has 5 heteroatoms. The van der Waals surface area contributed by atoms with Gasteiger partial charge in [0.2, 0.25) is 0 Å². The molecule has 2 aromatic rings. The molecule has 1 unspecified atom stereocenters. The van der Waals surface area contributed by atoms with Crippen LogP contribution in [-0.2, 0) is 14.3 Å². The van der Waals surface area contributed by atoms with E-state index in [0.29, 0.717) is 25.3 Å². The predicted molar refractivity (Wildman–Crippen MR) is 89.9 cm³/mol.